The second kappa shape index (κ2) is 5.97. The van der Waals surface area contributed by atoms with Crippen LogP contribution in [0.1, 0.15) is 24.8 Å². The van der Waals surface area contributed by atoms with Crippen LogP contribution in [0.5, 0.6) is 0 Å². The number of hydrogen-bond donors (Lipinski definition) is 0. The molecule has 0 bridgehead atoms. The first kappa shape index (κ1) is 11.6. The van der Waals surface area contributed by atoms with Gasteiger partial charge in [-0.1, -0.05) is 25.5 Å². The molecule has 0 spiro atoms. The van der Waals surface area contributed by atoms with E-state index in [1.807, 2.05) is 6.07 Å². The van der Waals surface area contributed by atoms with Gasteiger partial charge in [0, 0.05) is 13.0 Å². The van der Waals surface area contributed by atoms with E-state index < -0.39 is 0 Å². The van der Waals surface area contributed by atoms with Crippen LogP contribution in [0.2, 0.25) is 0 Å². The number of para-hydroxylation sites is 1. The molecule has 1 aromatic heterocycles. The molecular weight excluding hydrogens is 218 g/mol. The fourth-order valence-corrected chi connectivity index (χ4v) is 2.48. The van der Waals surface area contributed by atoms with Gasteiger partial charge in [0.05, 0.1) is 21.8 Å². The number of ether oxygens (including phenoxy) is 1. The third kappa shape index (κ3) is 3.03. The molecule has 0 fully saturated rings. The molecule has 0 saturated carbocycles. The smallest absolute Gasteiger partial charge is 0.0961 e. The van der Waals surface area contributed by atoms with Crippen molar-refractivity contribution < 1.29 is 4.74 Å². The summed E-state index contributed by atoms with van der Waals surface area (Å²) in [7, 11) is 0. The Labute approximate surface area is 100 Å². The van der Waals surface area contributed by atoms with Crippen LogP contribution >= 0.6 is 11.3 Å². The Kier molecular flexibility index (Phi) is 4.31. The average molecular weight is 235 g/mol. The summed E-state index contributed by atoms with van der Waals surface area (Å²) in [6.45, 7) is 3.85. The van der Waals surface area contributed by atoms with Gasteiger partial charge in [0.2, 0.25) is 0 Å². The Hall–Kier alpha value is -0.930. The normalized spacial score (nSPS) is 11.1. The molecule has 0 amide bonds. The molecular formula is C13H17NOS. The minimum atomic E-state index is 0.791. The standard InChI is InChI=1S/C13H17NOS/c1-2-3-9-15-10-8-13-14-11-6-4-5-7-12(11)16-13/h4-7H,2-3,8-10H2,1H3. The largest absolute Gasteiger partial charge is 0.381 e. The van der Waals surface area contributed by atoms with Gasteiger partial charge in [-0.25, -0.2) is 4.98 Å². The van der Waals surface area contributed by atoms with Crippen LogP contribution in [0.15, 0.2) is 24.3 Å². The highest BCUT2D eigenvalue weighted by atomic mass is 32.1. The molecule has 1 aromatic carbocycles. The van der Waals surface area contributed by atoms with E-state index in [1.54, 1.807) is 11.3 Å². The number of rotatable bonds is 6. The number of benzene rings is 1. The van der Waals surface area contributed by atoms with Crippen LogP contribution in [0.4, 0.5) is 0 Å². The fourth-order valence-electron chi connectivity index (χ4n) is 1.53. The lowest BCUT2D eigenvalue weighted by Crippen LogP contribution is -1.99. The van der Waals surface area contributed by atoms with Crippen molar-refractivity contribution in [2.24, 2.45) is 0 Å². The van der Waals surface area contributed by atoms with Crippen LogP contribution in [0, 0.1) is 0 Å². The monoisotopic (exact) mass is 235 g/mol. The van der Waals surface area contributed by atoms with Gasteiger partial charge in [-0.2, -0.15) is 0 Å². The lowest BCUT2D eigenvalue weighted by Gasteiger charge is -2.00. The van der Waals surface area contributed by atoms with Gasteiger partial charge in [-0.05, 0) is 18.6 Å². The van der Waals surface area contributed by atoms with E-state index in [-0.39, 0.29) is 0 Å². The van der Waals surface area contributed by atoms with Crippen LogP contribution < -0.4 is 0 Å². The first-order valence-electron chi connectivity index (χ1n) is 5.82. The van der Waals surface area contributed by atoms with Gasteiger partial charge in [0.25, 0.3) is 0 Å². The number of fused-ring (bicyclic) bond motifs is 1. The van der Waals surface area contributed by atoms with Crippen molar-refractivity contribution in [3.63, 3.8) is 0 Å². The predicted octanol–water partition coefficient (Wildman–Crippen LogP) is 3.66. The summed E-state index contributed by atoms with van der Waals surface area (Å²) in [5, 5.41) is 1.18. The van der Waals surface area contributed by atoms with Gasteiger partial charge in [-0.15, -0.1) is 11.3 Å². The first-order chi connectivity index (χ1) is 7.90. The Balaban J connectivity index is 1.85. The van der Waals surface area contributed by atoms with E-state index >= 15 is 0 Å². The molecule has 0 N–H and O–H groups in total. The third-order valence-corrected chi connectivity index (χ3v) is 3.54. The molecule has 2 aromatic rings. The summed E-state index contributed by atoms with van der Waals surface area (Å²) in [5.41, 5.74) is 1.11. The molecule has 0 saturated heterocycles. The van der Waals surface area contributed by atoms with Crippen LogP contribution in [0.3, 0.4) is 0 Å². The van der Waals surface area contributed by atoms with Crippen molar-refractivity contribution in [2.45, 2.75) is 26.2 Å². The Morgan fingerprint density at radius 2 is 2.12 bits per heavy atom. The van der Waals surface area contributed by atoms with Gasteiger partial charge in [-0.3, -0.25) is 0 Å². The van der Waals surface area contributed by atoms with E-state index in [0.29, 0.717) is 0 Å². The van der Waals surface area contributed by atoms with Crippen molar-refractivity contribution in [2.75, 3.05) is 13.2 Å². The van der Waals surface area contributed by atoms with Crippen molar-refractivity contribution in [1.82, 2.24) is 4.98 Å². The van der Waals surface area contributed by atoms with Gasteiger partial charge >= 0.3 is 0 Å². The number of aromatic nitrogens is 1. The van der Waals surface area contributed by atoms with Crippen molar-refractivity contribution in [3.05, 3.63) is 29.3 Å². The van der Waals surface area contributed by atoms with Gasteiger partial charge < -0.3 is 4.74 Å². The highest BCUT2D eigenvalue weighted by Crippen LogP contribution is 2.21. The maximum atomic E-state index is 5.54. The lowest BCUT2D eigenvalue weighted by atomic mass is 10.3. The average Bonchev–Trinajstić information content (AvgIpc) is 2.71. The first-order valence-corrected chi connectivity index (χ1v) is 6.64. The molecule has 3 heteroatoms. The summed E-state index contributed by atoms with van der Waals surface area (Å²) in [4.78, 5) is 4.57. The maximum Gasteiger partial charge on any atom is 0.0961 e. The fraction of sp³-hybridized carbons (Fsp3) is 0.462. The zero-order chi connectivity index (χ0) is 11.2. The zero-order valence-electron chi connectivity index (χ0n) is 9.61. The molecule has 0 unspecified atom stereocenters. The SMILES string of the molecule is CCCCOCCc1nc2ccccc2s1. The molecule has 16 heavy (non-hydrogen) atoms. The highest BCUT2D eigenvalue weighted by Gasteiger charge is 2.02. The Morgan fingerprint density at radius 1 is 1.25 bits per heavy atom. The molecule has 2 rings (SSSR count). The summed E-state index contributed by atoms with van der Waals surface area (Å²) >= 11 is 1.77. The maximum absolute atomic E-state index is 5.54. The van der Waals surface area contributed by atoms with E-state index in [2.05, 4.69) is 30.1 Å². The number of unbranched alkanes of at least 4 members (excludes halogenated alkanes) is 1. The van der Waals surface area contributed by atoms with Crippen LogP contribution in [0.25, 0.3) is 10.2 Å². The summed E-state index contributed by atoms with van der Waals surface area (Å²) in [6.07, 6.45) is 3.28. The molecule has 0 radical (unpaired) electrons. The van der Waals surface area contributed by atoms with Crippen molar-refractivity contribution in [3.8, 4) is 0 Å². The minimum absolute atomic E-state index is 0.791. The molecule has 2 nitrogen and oxygen atoms in total. The Morgan fingerprint density at radius 3 is 2.94 bits per heavy atom. The van der Waals surface area contributed by atoms with Crippen LogP contribution in [-0.2, 0) is 11.2 Å². The summed E-state index contributed by atoms with van der Waals surface area (Å²) in [5.74, 6) is 0. The Bertz CT molecular complexity index is 405. The zero-order valence-corrected chi connectivity index (χ0v) is 10.4. The minimum Gasteiger partial charge on any atom is -0.381 e. The lowest BCUT2D eigenvalue weighted by molar-refractivity contribution is 0.134. The quantitative estimate of drug-likeness (QED) is 0.713. The van der Waals surface area contributed by atoms with Gasteiger partial charge in [0.1, 0.15) is 0 Å². The number of hydrogen-bond acceptors (Lipinski definition) is 3. The molecule has 0 aliphatic heterocycles. The topological polar surface area (TPSA) is 22.1 Å². The van der Waals surface area contributed by atoms with Gasteiger partial charge in [0.15, 0.2) is 0 Å². The highest BCUT2D eigenvalue weighted by molar-refractivity contribution is 7.18. The molecule has 0 aliphatic rings. The van der Waals surface area contributed by atoms with E-state index in [4.69, 9.17) is 4.74 Å². The molecule has 1 heterocycles. The van der Waals surface area contributed by atoms with E-state index in [9.17, 15) is 0 Å². The second-order valence-electron chi connectivity index (χ2n) is 3.79. The summed E-state index contributed by atoms with van der Waals surface area (Å²) in [6, 6.07) is 8.27. The predicted molar refractivity (Wildman–Crippen MR) is 69.1 cm³/mol. The second-order valence-corrected chi connectivity index (χ2v) is 4.91. The van der Waals surface area contributed by atoms with Crippen molar-refractivity contribution in [1.29, 1.82) is 0 Å². The molecule has 86 valence electrons. The summed E-state index contributed by atoms with van der Waals surface area (Å²) < 4.78 is 6.81. The molecule has 0 aliphatic carbocycles. The molecule has 0 atom stereocenters. The number of thiazole rings is 1. The van der Waals surface area contributed by atoms with E-state index in [1.165, 1.54) is 16.1 Å². The van der Waals surface area contributed by atoms with Crippen molar-refractivity contribution >= 4 is 21.6 Å². The number of nitrogens with zero attached hydrogens (tertiary/aromatic N) is 1. The third-order valence-electron chi connectivity index (χ3n) is 2.44. The van der Waals surface area contributed by atoms with Crippen LogP contribution in [-0.4, -0.2) is 18.2 Å². The van der Waals surface area contributed by atoms with E-state index in [0.717, 1.165) is 31.6 Å².